The number of hydrogen-bond acceptors (Lipinski definition) is 4. The molecule has 1 aliphatic rings. The molecule has 2 aromatic rings. The lowest BCUT2D eigenvalue weighted by molar-refractivity contribution is -0.0279. The highest BCUT2D eigenvalue weighted by Crippen LogP contribution is 2.36. The Morgan fingerprint density at radius 1 is 1.11 bits per heavy atom. The van der Waals surface area contributed by atoms with E-state index < -0.39 is 5.60 Å². The van der Waals surface area contributed by atoms with Crippen LogP contribution in [0.3, 0.4) is 0 Å². The summed E-state index contributed by atoms with van der Waals surface area (Å²) >= 11 is 0. The fourth-order valence-electron chi connectivity index (χ4n) is 3.76. The molecule has 0 spiro atoms. The summed E-state index contributed by atoms with van der Waals surface area (Å²) in [5.74, 6) is 1.63. The number of hydrogen-bond donors (Lipinski definition) is 1. The van der Waals surface area contributed by atoms with E-state index in [1.54, 1.807) is 7.11 Å². The summed E-state index contributed by atoms with van der Waals surface area (Å²) in [5, 5.41) is 11.1. The molecule has 4 heteroatoms. The van der Waals surface area contributed by atoms with Gasteiger partial charge in [-0.05, 0) is 37.8 Å². The van der Waals surface area contributed by atoms with Crippen molar-refractivity contribution < 1.29 is 14.6 Å². The van der Waals surface area contributed by atoms with Gasteiger partial charge in [-0.1, -0.05) is 48.9 Å². The molecule has 27 heavy (non-hydrogen) atoms. The number of likely N-dealkylation sites (tertiary alicyclic amines) is 1. The van der Waals surface area contributed by atoms with Crippen LogP contribution in [0, 0.1) is 6.92 Å². The second kappa shape index (κ2) is 8.77. The number of aliphatic hydroxyl groups is 1. The number of aryl methyl sites for hydroxylation is 1. The Balaban J connectivity index is 1.69. The van der Waals surface area contributed by atoms with Crippen LogP contribution in [0.4, 0.5) is 0 Å². The summed E-state index contributed by atoms with van der Waals surface area (Å²) in [7, 11) is 1.68. The van der Waals surface area contributed by atoms with Crippen molar-refractivity contribution in [2.24, 2.45) is 0 Å². The average Bonchev–Trinajstić information content (AvgIpc) is 2.68. The largest absolute Gasteiger partial charge is 0.493 e. The Kier molecular flexibility index (Phi) is 6.40. The molecule has 146 valence electrons. The lowest BCUT2D eigenvalue weighted by atomic mass is 9.84. The third-order valence-electron chi connectivity index (χ3n) is 5.36. The van der Waals surface area contributed by atoms with Crippen LogP contribution in [0.25, 0.3) is 0 Å². The van der Waals surface area contributed by atoms with Crippen molar-refractivity contribution in [1.29, 1.82) is 0 Å². The van der Waals surface area contributed by atoms with Crippen LogP contribution >= 0.6 is 0 Å². The molecule has 0 aliphatic carbocycles. The molecule has 1 aliphatic heterocycles. The Labute approximate surface area is 162 Å². The van der Waals surface area contributed by atoms with E-state index >= 15 is 0 Å². The number of benzene rings is 2. The lowest BCUT2D eigenvalue weighted by Gasteiger charge is -2.39. The second-order valence-electron chi connectivity index (χ2n) is 7.47. The van der Waals surface area contributed by atoms with Gasteiger partial charge in [0.05, 0.1) is 19.3 Å². The van der Waals surface area contributed by atoms with E-state index in [0.717, 1.165) is 61.5 Å². The van der Waals surface area contributed by atoms with Crippen LogP contribution in [0.2, 0.25) is 0 Å². The first-order valence-electron chi connectivity index (χ1n) is 9.86. The van der Waals surface area contributed by atoms with E-state index in [9.17, 15) is 5.11 Å². The predicted octanol–water partition coefficient (Wildman–Crippen LogP) is 4.28. The average molecular weight is 370 g/mol. The monoisotopic (exact) mass is 369 g/mol. The SMILES string of the molecule is CCCOc1c(CN2CCC(O)(c3cccc(C)c3)CC2)cccc1OC. The van der Waals surface area contributed by atoms with Crippen molar-refractivity contribution in [3.63, 3.8) is 0 Å². The summed E-state index contributed by atoms with van der Waals surface area (Å²) < 4.78 is 11.5. The van der Waals surface area contributed by atoms with E-state index in [1.807, 2.05) is 24.3 Å². The van der Waals surface area contributed by atoms with Gasteiger partial charge in [0.15, 0.2) is 11.5 Å². The van der Waals surface area contributed by atoms with Gasteiger partial charge in [0, 0.05) is 25.2 Å². The fourth-order valence-corrected chi connectivity index (χ4v) is 3.76. The minimum atomic E-state index is -0.724. The van der Waals surface area contributed by atoms with E-state index in [-0.39, 0.29) is 0 Å². The van der Waals surface area contributed by atoms with Crippen LogP contribution < -0.4 is 9.47 Å². The molecule has 1 fully saturated rings. The van der Waals surface area contributed by atoms with Crippen molar-refractivity contribution >= 4 is 0 Å². The topological polar surface area (TPSA) is 41.9 Å². The maximum absolute atomic E-state index is 11.1. The van der Waals surface area contributed by atoms with Crippen molar-refractivity contribution in [3.8, 4) is 11.5 Å². The molecule has 0 radical (unpaired) electrons. The zero-order chi connectivity index (χ0) is 19.3. The highest BCUT2D eigenvalue weighted by Gasteiger charge is 2.34. The fraction of sp³-hybridized carbons (Fsp3) is 0.478. The Morgan fingerprint density at radius 3 is 2.52 bits per heavy atom. The summed E-state index contributed by atoms with van der Waals surface area (Å²) in [4.78, 5) is 2.39. The quantitative estimate of drug-likeness (QED) is 0.791. The molecule has 1 N–H and O–H groups in total. The normalized spacial score (nSPS) is 16.9. The van der Waals surface area contributed by atoms with E-state index in [4.69, 9.17) is 9.47 Å². The van der Waals surface area contributed by atoms with Gasteiger partial charge in [-0.15, -0.1) is 0 Å². The molecule has 1 heterocycles. The number of para-hydroxylation sites is 1. The van der Waals surface area contributed by atoms with Crippen LogP contribution in [-0.2, 0) is 12.1 Å². The number of methoxy groups -OCH3 is 1. The first-order chi connectivity index (χ1) is 13.1. The minimum absolute atomic E-state index is 0.681. The zero-order valence-corrected chi connectivity index (χ0v) is 16.7. The predicted molar refractivity (Wildman–Crippen MR) is 108 cm³/mol. The molecule has 0 aromatic heterocycles. The standard InChI is InChI=1S/C23H31NO3/c1-4-15-27-22-19(8-6-10-21(22)26-3)17-24-13-11-23(25,12-14-24)20-9-5-7-18(2)16-20/h5-10,16,25H,4,11-15,17H2,1-3H3. The maximum Gasteiger partial charge on any atom is 0.165 e. The van der Waals surface area contributed by atoms with Crippen molar-refractivity contribution in [1.82, 2.24) is 4.90 Å². The minimum Gasteiger partial charge on any atom is -0.493 e. The molecule has 0 bridgehead atoms. The van der Waals surface area contributed by atoms with Gasteiger partial charge in [0.2, 0.25) is 0 Å². The Morgan fingerprint density at radius 2 is 1.85 bits per heavy atom. The third kappa shape index (κ3) is 4.63. The number of rotatable bonds is 7. The van der Waals surface area contributed by atoms with Crippen LogP contribution in [0.1, 0.15) is 42.9 Å². The van der Waals surface area contributed by atoms with Gasteiger partial charge in [0.25, 0.3) is 0 Å². The van der Waals surface area contributed by atoms with Crippen molar-refractivity contribution in [2.45, 2.75) is 45.3 Å². The summed E-state index contributed by atoms with van der Waals surface area (Å²) in [6.45, 7) is 7.37. The first-order valence-corrected chi connectivity index (χ1v) is 9.86. The van der Waals surface area contributed by atoms with E-state index in [1.165, 1.54) is 5.56 Å². The Hall–Kier alpha value is -2.04. The van der Waals surface area contributed by atoms with E-state index in [2.05, 4.69) is 36.9 Å². The van der Waals surface area contributed by atoms with Gasteiger partial charge in [-0.3, -0.25) is 4.90 Å². The molecule has 0 amide bonds. The highest BCUT2D eigenvalue weighted by molar-refractivity contribution is 5.46. The van der Waals surface area contributed by atoms with Gasteiger partial charge in [0.1, 0.15) is 0 Å². The number of ether oxygens (including phenoxy) is 2. The Bertz CT molecular complexity index is 751. The van der Waals surface area contributed by atoms with Crippen molar-refractivity contribution in [2.75, 3.05) is 26.8 Å². The van der Waals surface area contributed by atoms with Gasteiger partial charge in [-0.2, -0.15) is 0 Å². The summed E-state index contributed by atoms with van der Waals surface area (Å²) in [6.07, 6.45) is 2.45. The molecular formula is C23H31NO3. The first kappa shape index (κ1) is 19.7. The molecule has 0 saturated carbocycles. The molecule has 1 saturated heterocycles. The molecule has 3 rings (SSSR count). The van der Waals surface area contributed by atoms with Crippen LogP contribution in [0.5, 0.6) is 11.5 Å². The third-order valence-corrected chi connectivity index (χ3v) is 5.36. The smallest absolute Gasteiger partial charge is 0.165 e. The second-order valence-corrected chi connectivity index (χ2v) is 7.47. The van der Waals surface area contributed by atoms with Gasteiger partial charge in [-0.25, -0.2) is 0 Å². The molecule has 2 aromatic carbocycles. The number of nitrogens with zero attached hydrogens (tertiary/aromatic N) is 1. The number of piperidine rings is 1. The highest BCUT2D eigenvalue weighted by atomic mass is 16.5. The maximum atomic E-state index is 11.1. The van der Waals surface area contributed by atoms with Gasteiger partial charge < -0.3 is 14.6 Å². The molecule has 0 unspecified atom stereocenters. The zero-order valence-electron chi connectivity index (χ0n) is 16.7. The van der Waals surface area contributed by atoms with Crippen LogP contribution in [0.15, 0.2) is 42.5 Å². The molecule has 4 nitrogen and oxygen atoms in total. The van der Waals surface area contributed by atoms with E-state index in [0.29, 0.717) is 6.61 Å². The summed E-state index contributed by atoms with van der Waals surface area (Å²) in [6, 6.07) is 14.3. The molecule has 0 atom stereocenters. The molecular weight excluding hydrogens is 338 g/mol. The van der Waals surface area contributed by atoms with Gasteiger partial charge >= 0.3 is 0 Å². The van der Waals surface area contributed by atoms with Crippen molar-refractivity contribution in [3.05, 3.63) is 59.2 Å². The summed E-state index contributed by atoms with van der Waals surface area (Å²) in [5.41, 5.74) is 2.65. The van der Waals surface area contributed by atoms with Crippen LogP contribution in [-0.4, -0.2) is 36.8 Å². The lowest BCUT2D eigenvalue weighted by Crippen LogP contribution is -2.42.